The third-order valence-corrected chi connectivity index (χ3v) is 4.00. The lowest BCUT2D eigenvalue weighted by molar-refractivity contribution is -0.137. The van der Waals surface area contributed by atoms with Gasteiger partial charge in [0.05, 0.1) is 18.4 Å². The molecule has 0 aliphatic heterocycles. The molecule has 0 heterocycles. The van der Waals surface area contributed by atoms with Crippen molar-refractivity contribution >= 4 is 23.4 Å². The standard InChI is InChI=1S/C21H23F3N2O3/c1-5-6-14-7-10-18(19(11-14)28-4)29-13-20(27)25-17-9-8-15(26(2)3)12-16(17)21(22,23)24/h5-12H,13H2,1-4H3,(H,25,27)/b6-5+. The van der Waals surface area contributed by atoms with Crippen LogP contribution in [0, 0.1) is 0 Å². The number of alkyl halides is 3. The Morgan fingerprint density at radius 3 is 2.45 bits per heavy atom. The summed E-state index contributed by atoms with van der Waals surface area (Å²) in [5.41, 5.74) is 0.00640. The van der Waals surface area contributed by atoms with Crippen molar-refractivity contribution < 1.29 is 27.4 Å². The maximum atomic E-state index is 13.4. The van der Waals surface area contributed by atoms with Crippen LogP contribution in [0.1, 0.15) is 18.1 Å². The van der Waals surface area contributed by atoms with E-state index in [1.54, 1.807) is 37.2 Å². The van der Waals surface area contributed by atoms with Crippen LogP contribution in [0.5, 0.6) is 11.5 Å². The van der Waals surface area contributed by atoms with Gasteiger partial charge in [-0.3, -0.25) is 4.79 Å². The van der Waals surface area contributed by atoms with E-state index in [9.17, 15) is 18.0 Å². The number of methoxy groups -OCH3 is 1. The molecule has 0 saturated heterocycles. The first-order valence-electron chi connectivity index (χ1n) is 8.77. The predicted octanol–water partition coefficient (Wildman–Crippen LogP) is 4.83. The Kier molecular flexibility index (Phi) is 7.14. The van der Waals surface area contributed by atoms with Crippen LogP contribution in [0.4, 0.5) is 24.5 Å². The van der Waals surface area contributed by atoms with E-state index in [1.165, 1.54) is 19.2 Å². The molecule has 0 aliphatic rings. The molecule has 0 atom stereocenters. The Morgan fingerprint density at radius 1 is 1.14 bits per heavy atom. The zero-order chi connectivity index (χ0) is 21.6. The van der Waals surface area contributed by atoms with Crippen molar-refractivity contribution in [1.29, 1.82) is 0 Å². The summed E-state index contributed by atoms with van der Waals surface area (Å²) in [6.45, 7) is 1.41. The van der Waals surface area contributed by atoms with Crippen LogP contribution in [-0.4, -0.2) is 33.7 Å². The third kappa shape index (κ3) is 5.91. The van der Waals surface area contributed by atoms with E-state index in [2.05, 4.69) is 5.32 Å². The molecule has 0 unspecified atom stereocenters. The van der Waals surface area contributed by atoms with Gasteiger partial charge in [0.1, 0.15) is 0 Å². The lowest BCUT2D eigenvalue weighted by atomic mass is 10.1. The number of ether oxygens (including phenoxy) is 2. The van der Waals surface area contributed by atoms with Gasteiger partial charge in [0.15, 0.2) is 18.1 Å². The van der Waals surface area contributed by atoms with Crippen molar-refractivity contribution in [2.45, 2.75) is 13.1 Å². The van der Waals surface area contributed by atoms with Crippen molar-refractivity contribution in [3.8, 4) is 11.5 Å². The Morgan fingerprint density at radius 2 is 1.86 bits per heavy atom. The van der Waals surface area contributed by atoms with Crippen molar-refractivity contribution in [1.82, 2.24) is 0 Å². The van der Waals surface area contributed by atoms with Crippen LogP contribution >= 0.6 is 0 Å². The average Bonchev–Trinajstić information content (AvgIpc) is 2.66. The molecule has 2 aromatic carbocycles. The lowest BCUT2D eigenvalue weighted by Crippen LogP contribution is -2.23. The molecule has 5 nitrogen and oxygen atoms in total. The Hall–Kier alpha value is -3.16. The minimum atomic E-state index is -4.61. The van der Waals surface area contributed by atoms with Gasteiger partial charge in [-0.1, -0.05) is 18.2 Å². The highest BCUT2D eigenvalue weighted by Gasteiger charge is 2.34. The molecule has 1 amide bonds. The summed E-state index contributed by atoms with van der Waals surface area (Å²) in [6.07, 6.45) is -0.876. The maximum Gasteiger partial charge on any atom is 0.418 e. The second-order valence-corrected chi connectivity index (χ2v) is 6.37. The zero-order valence-electron chi connectivity index (χ0n) is 16.6. The van der Waals surface area contributed by atoms with Gasteiger partial charge in [-0.05, 0) is 42.8 Å². The molecule has 156 valence electrons. The van der Waals surface area contributed by atoms with E-state index in [0.29, 0.717) is 17.2 Å². The molecule has 0 bridgehead atoms. The Balaban J connectivity index is 2.14. The van der Waals surface area contributed by atoms with Crippen molar-refractivity contribution in [2.75, 3.05) is 38.0 Å². The number of rotatable bonds is 7. The van der Waals surface area contributed by atoms with Crippen LogP contribution in [-0.2, 0) is 11.0 Å². The van der Waals surface area contributed by atoms with Gasteiger partial charge >= 0.3 is 6.18 Å². The van der Waals surface area contributed by atoms with Crippen LogP contribution in [0.15, 0.2) is 42.5 Å². The summed E-state index contributed by atoms with van der Waals surface area (Å²) in [7, 11) is 4.73. The summed E-state index contributed by atoms with van der Waals surface area (Å²) in [4.78, 5) is 13.7. The van der Waals surface area contributed by atoms with Crippen molar-refractivity contribution in [3.05, 3.63) is 53.6 Å². The second-order valence-electron chi connectivity index (χ2n) is 6.37. The lowest BCUT2D eigenvalue weighted by Gasteiger charge is -2.19. The van der Waals surface area contributed by atoms with E-state index in [1.807, 2.05) is 19.1 Å². The smallest absolute Gasteiger partial charge is 0.418 e. The van der Waals surface area contributed by atoms with E-state index >= 15 is 0 Å². The van der Waals surface area contributed by atoms with E-state index in [0.717, 1.165) is 11.6 Å². The minimum Gasteiger partial charge on any atom is -0.493 e. The van der Waals surface area contributed by atoms with Gasteiger partial charge in [-0.15, -0.1) is 0 Å². The number of allylic oxidation sites excluding steroid dienone is 1. The number of benzene rings is 2. The molecule has 0 fully saturated rings. The van der Waals surface area contributed by atoms with Gasteiger partial charge in [0.2, 0.25) is 0 Å². The van der Waals surface area contributed by atoms with Crippen LogP contribution in [0.3, 0.4) is 0 Å². The molecule has 2 aromatic rings. The molecule has 0 radical (unpaired) electrons. The highest BCUT2D eigenvalue weighted by atomic mass is 19.4. The first-order chi connectivity index (χ1) is 13.7. The molecule has 29 heavy (non-hydrogen) atoms. The highest BCUT2D eigenvalue weighted by molar-refractivity contribution is 5.93. The SMILES string of the molecule is C/C=C/c1ccc(OCC(=O)Nc2ccc(N(C)C)cc2C(F)(F)F)c(OC)c1. The van der Waals surface area contributed by atoms with Crippen molar-refractivity contribution in [2.24, 2.45) is 0 Å². The largest absolute Gasteiger partial charge is 0.493 e. The van der Waals surface area contributed by atoms with Crippen LogP contribution in [0.25, 0.3) is 6.08 Å². The summed E-state index contributed by atoms with van der Waals surface area (Å²) in [5, 5.41) is 2.27. The number of anilines is 2. The molecule has 0 saturated carbocycles. The zero-order valence-corrected chi connectivity index (χ0v) is 16.6. The quantitative estimate of drug-likeness (QED) is 0.713. The molecule has 0 spiro atoms. The van der Waals surface area contributed by atoms with Gasteiger partial charge in [0, 0.05) is 19.8 Å². The fourth-order valence-electron chi connectivity index (χ4n) is 2.58. The number of nitrogens with zero attached hydrogens (tertiary/aromatic N) is 1. The van der Waals surface area contributed by atoms with E-state index in [-0.39, 0.29) is 5.69 Å². The fraction of sp³-hybridized carbons (Fsp3) is 0.286. The summed E-state index contributed by atoms with van der Waals surface area (Å²) in [5.74, 6) is 0.0160. The third-order valence-electron chi connectivity index (χ3n) is 4.00. The number of carbonyl (C=O) groups excluding carboxylic acids is 1. The molecule has 1 N–H and O–H groups in total. The number of hydrogen-bond acceptors (Lipinski definition) is 4. The summed E-state index contributed by atoms with van der Waals surface area (Å²) >= 11 is 0. The van der Waals surface area contributed by atoms with Gasteiger partial charge in [-0.2, -0.15) is 13.2 Å². The number of nitrogens with one attached hydrogen (secondary N) is 1. The number of hydrogen-bond donors (Lipinski definition) is 1. The van der Waals surface area contributed by atoms with Gasteiger partial charge in [0.25, 0.3) is 5.91 Å². The topological polar surface area (TPSA) is 50.8 Å². The molecule has 2 rings (SSSR count). The summed E-state index contributed by atoms with van der Waals surface area (Å²) in [6, 6.07) is 8.84. The Labute approximate surface area is 167 Å². The Bertz CT molecular complexity index is 893. The summed E-state index contributed by atoms with van der Waals surface area (Å²) < 4.78 is 50.8. The molecule has 8 heteroatoms. The second kappa shape index (κ2) is 9.36. The average molecular weight is 408 g/mol. The monoisotopic (exact) mass is 408 g/mol. The molecular formula is C21H23F3N2O3. The van der Waals surface area contributed by atoms with Gasteiger partial charge < -0.3 is 19.7 Å². The van der Waals surface area contributed by atoms with Gasteiger partial charge in [-0.25, -0.2) is 0 Å². The van der Waals surface area contributed by atoms with Crippen LogP contribution < -0.4 is 19.7 Å². The van der Waals surface area contributed by atoms with Crippen molar-refractivity contribution in [3.63, 3.8) is 0 Å². The highest BCUT2D eigenvalue weighted by Crippen LogP contribution is 2.37. The number of carbonyl (C=O) groups is 1. The van der Waals surface area contributed by atoms with E-state index in [4.69, 9.17) is 9.47 Å². The fourth-order valence-corrected chi connectivity index (χ4v) is 2.58. The normalized spacial score (nSPS) is 11.4. The number of halogens is 3. The number of amides is 1. The molecular weight excluding hydrogens is 385 g/mol. The maximum absolute atomic E-state index is 13.4. The predicted molar refractivity (Wildman–Crippen MR) is 108 cm³/mol. The minimum absolute atomic E-state index is 0.315. The molecule has 0 aromatic heterocycles. The van der Waals surface area contributed by atoms with E-state index < -0.39 is 24.3 Å². The first-order valence-corrected chi connectivity index (χ1v) is 8.77. The first kappa shape index (κ1) is 22.1. The molecule has 0 aliphatic carbocycles. The van der Waals surface area contributed by atoms with Crippen LogP contribution in [0.2, 0.25) is 0 Å².